The maximum absolute atomic E-state index is 12.4. The first-order valence-corrected chi connectivity index (χ1v) is 7.78. The Bertz CT molecular complexity index is 708. The number of benzene rings is 1. The van der Waals surface area contributed by atoms with Crippen LogP contribution in [0.1, 0.15) is 22.5 Å². The molecule has 0 aliphatic carbocycles. The molecule has 0 bridgehead atoms. The summed E-state index contributed by atoms with van der Waals surface area (Å²) in [4.78, 5) is 26.2. The van der Waals surface area contributed by atoms with Crippen LogP contribution in [0.4, 0.5) is 5.69 Å². The minimum Gasteiger partial charge on any atom is -0.444 e. The Morgan fingerprint density at radius 2 is 2.00 bits per heavy atom. The molecule has 3 rings (SSSR count). The summed E-state index contributed by atoms with van der Waals surface area (Å²) in [6.07, 6.45) is 0.584. The third kappa shape index (κ3) is 2.92. The van der Waals surface area contributed by atoms with Gasteiger partial charge < -0.3 is 14.6 Å². The van der Waals surface area contributed by atoms with Crippen LogP contribution < -0.4 is 10.2 Å². The molecular formula is C16H15BrN2O3. The number of amides is 2. The number of rotatable bonds is 3. The van der Waals surface area contributed by atoms with Gasteiger partial charge in [-0.1, -0.05) is 17.7 Å². The molecule has 1 aliphatic heterocycles. The Balaban J connectivity index is 1.68. The SMILES string of the molecule is Cc1ccc(N2CCC(NC(=O)c3ccc(Br)o3)C2=O)cc1. The molecule has 0 radical (unpaired) electrons. The van der Waals surface area contributed by atoms with Gasteiger partial charge in [0.05, 0.1) is 0 Å². The summed E-state index contributed by atoms with van der Waals surface area (Å²) in [6.45, 7) is 2.59. The molecule has 6 heteroatoms. The zero-order valence-corrected chi connectivity index (χ0v) is 13.6. The summed E-state index contributed by atoms with van der Waals surface area (Å²) in [5.74, 6) is -0.286. The lowest BCUT2D eigenvalue weighted by Gasteiger charge is -2.17. The number of hydrogen-bond donors (Lipinski definition) is 1. The van der Waals surface area contributed by atoms with Crippen molar-refractivity contribution in [2.75, 3.05) is 11.4 Å². The van der Waals surface area contributed by atoms with Gasteiger partial charge in [-0.2, -0.15) is 0 Å². The first kappa shape index (κ1) is 14.8. The molecule has 1 saturated heterocycles. The Kier molecular flexibility index (Phi) is 4.02. The standard InChI is InChI=1S/C16H15BrN2O3/c1-10-2-4-11(5-3-10)19-9-8-12(16(19)21)18-15(20)13-6-7-14(17)22-13/h2-7,12H,8-9H2,1H3,(H,18,20). The van der Waals surface area contributed by atoms with Crippen molar-refractivity contribution in [3.05, 3.63) is 52.4 Å². The van der Waals surface area contributed by atoms with Crippen LogP contribution in [0.5, 0.6) is 0 Å². The monoisotopic (exact) mass is 362 g/mol. The Morgan fingerprint density at radius 3 is 2.64 bits per heavy atom. The molecule has 1 aromatic heterocycles. The van der Waals surface area contributed by atoms with Crippen molar-refractivity contribution in [1.82, 2.24) is 5.32 Å². The number of nitrogens with zero attached hydrogens (tertiary/aromatic N) is 1. The molecule has 2 aromatic rings. The number of carbonyl (C=O) groups excluding carboxylic acids is 2. The minimum atomic E-state index is -0.516. The van der Waals surface area contributed by atoms with Crippen molar-refractivity contribution >= 4 is 33.4 Å². The van der Waals surface area contributed by atoms with E-state index >= 15 is 0 Å². The van der Waals surface area contributed by atoms with Gasteiger partial charge in [0.15, 0.2) is 10.4 Å². The highest BCUT2D eigenvalue weighted by Gasteiger charge is 2.34. The van der Waals surface area contributed by atoms with Crippen molar-refractivity contribution < 1.29 is 14.0 Å². The maximum Gasteiger partial charge on any atom is 0.287 e. The summed E-state index contributed by atoms with van der Waals surface area (Å²) < 4.78 is 5.68. The molecular weight excluding hydrogens is 348 g/mol. The first-order chi connectivity index (χ1) is 10.5. The number of carbonyl (C=O) groups is 2. The Hall–Kier alpha value is -2.08. The topological polar surface area (TPSA) is 62.6 Å². The largest absolute Gasteiger partial charge is 0.444 e. The molecule has 2 heterocycles. The highest BCUT2D eigenvalue weighted by atomic mass is 79.9. The van der Waals surface area contributed by atoms with Crippen molar-refractivity contribution in [3.8, 4) is 0 Å². The number of halogens is 1. The van der Waals surface area contributed by atoms with Gasteiger partial charge >= 0.3 is 0 Å². The second-order valence-corrected chi connectivity index (χ2v) is 6.03. The van der Waals surface area contributed by atoms with E-state index in [1.54, 1.807) is 17.0 Å². The quantitative estimate of drug-likeness (QED) is 0.912. The number of anilines is 1. The van der Waals surface area contributed by atoms with Crippen LogP contribution in [0, 0.1) is 6.92 Å². The predicted octanol–water partition coefficient (Wildman–Crippen LogP) is 2.89. The molecule has 22 heavy (non-hydrogen) atoms. The number of hydrogen-bond acceptors (Lipinski definition) is 3. The van der Waals surface area contributed by atoms with Crippen molar-refractivity contribution in [2.45, 2.75) is 19.4 Å². The summed E-state index contributed by atoms with van der Waals surface area (Å²) in [5, 5.41) is 2.72. The van der Waals surface area contributed by atoms with Crippen LogP contribution in [0.2, 0.25) is 0 Å². The normalized spacial score (nSPS) is 17.8. The fraction of sp³-hybridized carbons (Fsp3) is 0.250. The van der Waals surface area contributed by atoms with E-state index in [9.17, 15) is 9.59 Å². The Labute approximate surface area is 136 Å². The maximum atomic E-state index is 12.4. The molecule has 0 saturated carbocycles. The minimum absolute atomic E-state index is 0.0946. The number of aryl methyl sites for hydroxylation is 1. The smallest absolute Gasteiger partial charge is 0.287 e. The summed E-state index contributed by atoms with van der Waals surface area (Å²) in [6, 6.07) is 10.5. The van der Waals surface area contributed by atoms with E-state index in [0.29, 0.717) is 17.6 Å². The van der Waals surface area contributed by atoms with E-state index in [-0.39, 0.29) is 17.6 Å². The predicted molar refractivity (Wildman–Crippen MR) is 85.8 cm³/mol. The van der Waals surface area contributed by atoms with Gasteiger partial charge in [0.25, 0.3) is 5.91 Å². The zero-order valence-electron chi connectivity index (χ0n) is 12.0. The van der Waals surface area contributed by atoms with Crippen LogP contribution in [-0.2, 0) is 4.79 Å². The van der Waals surface area contributed by atoms with E-state index in [2.05, 4.69) is 21.2 Å². The van der Waals surface area contributed by atoms with Gasteiger partial charge in [-0.15, -0.1) is 0 Å². The van der Waals surface area contributed by atoms with Crippen molar-refractivity contribution in [2.24, 2.45) is 0 Å². The van der Waals surface area contributed by atoms with E-state index in [1.165, 1.54) is 0 Å². The van der Waals surface area contributed by atoms with Gasteiger partial charge in [-0.25, -0.2) is 0 Å². The highest BCUT2D eigenvalue weighted by Crippen LogP contribution is 2.22. The van der Waals surface area contributed by atoms with Gasteiger partial charge in [0.1, 0.15) is 6.04 Å². The van der Waals surface area contributed by atoms with Crippen molar-refractivity contribution in [3.63, 3.8) is 0 Å². The zero-order chi connectivity index (χ0) is 15.7. The molecule has 1 aromatic carbocycles. The molecule has 5 nitrogen and oxygen atoms in total. The third-order valence-corrected chi connectivity index (χ3v) is 4.08. The van der Waals surface area contributed by atoms with Crippen LogP contribution in [0.25, 0.3) is 0 Å². The second-order valence-electron chi connectivity index (χ2n) is 5.24. The second kappa shape index (κ2) is 5.96. The van der Waals surface area contributed by atoms with Gasteiger partial charge in [0, 0.05) is 12.2 Å². The average molecular weight is 363 g/mol. The number of nitrogens with one attached hydrogen (secondary N) is 1. The number of furan rings is 1. The lowest BCUT2D eigenvalue weighted by molar-refractivity contribution is -0.118. The van der Waals surface area contributed by atoms with Gasteiger partial charge in [-0.05, 0) is 53.5 Å². The average Bonchev–Trinajstić information content (AvgIpc) is 3.08. The third-order valence-electron chi connectivity index (χ3n) is 3.65. The molecule has 2 amide bonds. The summed E-state index contributed by atoms with van der Waals surface area (Å²) in [5.41, 5.74) is 2.00. The molecule has 1 atom stereocenters. The molecule has 1 fully saturated rings. The highest BCUT2D eigenvalue weighted by molar-refractivity contribution is 9.10. The van der Waals surface area contributed by atoms with Gasteiger partial charge in [-0.3, -0.25) is 9.59 Å². The molecule has 1 unspecified atom stereocenters. The fourth-order valence-electron chi connectivity index (χ4n) is 2.46. The molecule has 0 spiro atoms. The molecule has 114 valence electrons. The lowest BCUT2D eigenvalue weighted by atomic mass is 10.2. The lowest BCUT2D eigenvalue weighted by Crippen LogP contribution is -2.41. The van der Waals surface area contributed by atoms with Crippen LogP contribution >= 0.6 is 15.9 Å². The van der Waals surface area contributed by atoms with E-state index < -0.39 is 6.04 Å². The summed E-state index contributed by atoms with van der Waals surface area (Å²) >= 11 is 3.15. The molecule has 1 aliphatic rings. The van der Waals surface area contributed by atoms with Crippen LogP contribution in [0.15, 0.2) is 45.5 Å². The van der Waals surface area contributed by atoms with Crippen LogP contribution in [0.3, 0.4) is 0 Å². The fourth-order valence-corrected chi connectivity index (χ4v) is 2.77. The van der Waals surface area contributed by atoms with E-state index in [4.69, 9.17) is 4.42 Å². The van der Waals surface area contributed by atoms with Crippen LogP contribution in [-0.4, -0.2) is 24.4 Å². The van der Waals surface area contributed by atoms with Crippen molar-refractivity contribution in [1.29, 1.82) is 0 Å². The van der Waals surface area contributed by atoms with Gasteiger partial charge in [0.2, 0.25) is 5.91 Å². The van der Waals surface area contributed by atoms with E-state index in [1.807, 2.05) is 31.2 Å². The van der Waals surface area contributed by atoms with E-state index in [0.717, 1.165) is 11.3 Å². The first-order valence-electron chi connectivity index (χ1n) is 6.99. The summed E-state index contributed by atoms with van der Waals surface area (Å²) in [7, 11) is 0. The Morgan fingerprint density at radius 1 is 1.27 bits per heavy atom. The molecule has 1 N–H and O–H groups in total.